The number of nitrogens with one attached hydrogen (secondary N) is 1. The second-order valence-electron chi connectivity index (χ2n) is 5.50. The summed E-state index contributed by atoms with van der Waals surface area (Å²) < 4.78 is 7.14. The van der Waals surface area contributed by atoms with Gasteiger partial charge in [-0.1, -0.05) is 41.6 Å². The summed E-state index contributed by atoms with van der Waals surface area (Å²) in [5.74, 6) is 1.64. The van der Waals surface area contributed by atoms with Gasteiger partial charge in [-0.15, -0.1) is 10.2 Å². The fourth-order valence-corrected chi connectivity index (χ4v) is 3.24. The summed E-state index contributed by atoms with van der Waals surface area (Å²) in [5, 5.41) is 11.5. The number of nitrogens with zero attached hydrogens (tertiary/aromatic N) is 3. The van der Waals surface area contributed by atoms with E-state index in [9.17, 15) is 0 Å². The molecule has 1 aliphatic heterocycles. The van der Waals surface area contributed by atoms with Crippen molar-refractivity contribution in [3.05, 3.63) is 65.1 Å². The second kappa shape index (κ2) is 6.05. The molecule has 0 bridgehead atoms. The molecule has 2 heterocycles. The van der Waals surface area contributed by atoms with Gasteiger partial charge in [0.25, 0.3) is 0 Å². The lowest BCUT2D eigenvalue weighted by Crippen LogP contribution is -2.18. The van der Waals surface area contributed by atoms with E-state index >= 15 is 0 Å². The third-order valence-corrected chi connectivity index (χ3v) is 4.69. The highest BCUT2D eigenvalue weighted by molar-refractivity contribution is 8.02. The highest BCUT2D eigenvalue weighted by atomic mass is 32.2. The number of thioether (sulfide) groups is 1. The van der Waals surface area contributed by atoms with Gasteiger partial charge in [-0.05, 0) is 31.2 Å². The Morgan fingerprint density at radius 3 is 2.38 bits per heavy atom. The van der Waals surface area contributed by atoms with Gasteiger partial charge >= 0.3 is 0 Å². The molecular weight excluding hydrogens is 320 g/mol. The summed E-state index contributed by atoms with van der Waals surface area (Å²) >= 11 is 1.55. The summed E-state index contributed by atoms with van der Waals surface area (Å²) in [6.45, 7) is 2.07. The number of hydrogen-bond donors (Lipinski definition) is 1. The zero-order chi connectivity index (χ0) is 16.5. The molecule has 0 aliphatic carbocycles. The van der Waals surface area contributed by atoms with E-state index in [2.05, 4.69) is 46.8 Å². The van der Waals surface area contributed by atoms with Gasteiger partial charge < -0.3 is 4.74 Å². The summed E-state index contributed by atoms with van der Waals surface area (Å²) in [6.07, 6.45) is 0. The molecule has 0 fully saturated rings. The van der Waals surface area contributed by atoms with Crippen LogP contribution in [0.15, 0.2) is 59.1 Å². The monoisotopic (exact) mass is 336 g/mol. The molecule has 0 amide bonds. The Morgan fingerprint density at radius 2 is 1.67 bits per heavy atom. The van der Waals surface area contributed by atoms with Crippen molar-refractivity contribution < 1.29 is 4.74 Å². The Balaban J connectivity index is 1.66. The van der Waals surface area contributed by atoms with Crippen molar-refractivity contribution in [2.24, 2.45) is 0 Å². The molecule has 6 heteroatoms. The zero-order valence-electron chi connectivity index (χ0n) is 13.4. The van der Waals surface area contributed by atoms with Crippen LogP contribution in [0.25, 0.3) is 17.1 Å². The lowest BCUT2D eigenvalue weighted by molar-refractivity contribution is 0.415. The van der Waals surface area contributed by atoms with Crippen LogP contribution in [0, 0.1) is 6.92 Å². The summed E-state index contributed by atoms with van der Waals surface area (Å²) in [4.78, 5) is 0. The number of benzene rings is 2. The lowest BCUT2D eigenvalue weighted by atomic mass is 10.1. The van der Waals surface area contributed by atoms with Crippen molar-refractivity contribution in [1.82, 2.24) is 14.9 Å². The quantitative estimate of drug-likeness (QED) is 0.786. The normalized spacial score (nSPS) is 13.0. The van der Waals surface area contributed by atoms with E-state index in [0.29, 0.717) is 0 Å². The molecule has 1 aliphatic rings. The maximum atomic E-state index is 5.22. The van der Waals surface area contributed by atoms with Gasteiger partial charge in [-0.25, -0.2) is 4.68 Å². The van der Waals surface area contributed by atoms with Crippen molar-refractivity contribution in [3.63, 3.8) is 0 Å². The SMILES string of the molecule is COc1ccc(C2=CSc3nnc(-c4ccc(C)cc4)n3N2)cc1. The Hall–Kier alpha value is -2.73. The van der Waals surface area contributed by atoms with Crippen molar-refractivity contribution >= 4 is 17.5 Å². The van der Waals surface area contributed by atoms with E-state index in [-0.39, 0.29) is 0 Å². The average Bonchev–Trinajstić information content (AvgIpc) is 3.05. The van der Waals surface area contributed by atoms with Crippen molar-refractivity contribution in [1.29, 1.82) is 0 Å². The molecule has 0 radical (unpaired) electrons. The number of fused-ring (bicyclic) bond motifs is 1. The molecule has 4 rings (SSSR count). The molecule has 24 heavy (non-hydrogen) atoms. The smallest absolute Gasteiger partial charge is 0.214 e. The van der Waals surface area contributed by atoms with Gasteiger partial charge in [0.2, 0.25) is 5.16 Å². The molecule has 5 nitrogen and oxygen atoms in total. The van der Waals surface area contributed by atoms with Crippen LogP contribution in [0.4, 0.5) is 0 Å². The Morgan fingerprint density at radius 1 is 0.958 bits per heavy atom. The minimum absolute atomic E-state index is 0.802. The fraction of sp³-hybridized carbons (Fsp3) is 0.111. The first-order chi connectivity index (χ1) is 11.7. The molecule has 2 aromatic carbocycles. The molecule has 1 N–H and O–H groups in total. The van der Waals surface area contributed by atoms with Gasteiger partial charge in [-0.3, -0.25) is 5.43 Å². The zero-order valence-corrected chi connectivity index (χ0v) is 14.2. The van der Waals surface area contributed by atoms with Crippen LogP contribution < -0.4 is 10.2 Å². The fourth-order valence-electron chi connectivity index (χ4n) is 2.50. The molecule has 0 spiro atoms. The molecule has 1 aromatic heterocycles. The summed E-state index contributed by atoms with van der Waals surface area (Å²) in [6, 6.07) is 16.2. The van der Waals surface area contributed by atoms with E-state index in [4.69, 9.17) is 4.74 Å². The molecule has 3 aromatic rings. The summed E-state index contributed by atoms with van der Waals surface area (Å²) in [5.41, 5.74) is 7.74. The van der Waals surface area contributed by atoms with Gasteiger partial charge in [0.1, 0.15) is 5.75 Å². The number of aryl methyl sites for hydroxylation is 1. The average molecular weight is 336 g/mol. The number of hydrogen-bond acceptors (Lipinski definition) is 5. The number of methoxy groups -OCH3 is 1. The van der Waals surface area contributed by atoms with E-state index in [1.807, 2.05) is 34.3 Å². The molecule has 0 unspecified atom stereocenters. The largest absolute Gasteiger partial charge is 0.497 e. The second-order valence-corrected chi connectivity index (χ2v) is 6.33. The Kier molecular flexibility index (Phi) is 3.74. The number of ether oxygens (including phenoxy) is 1. The minimum atomic E-state index is 0.802. The highest BCUT2D eigenvalue weighted by Gasteiger charge is 2.19. The number of rotatable bonds is 3. The van der Waals surface area contributed by atoms with Gasteiger partial charge in [0, 0.05) is 16.5 Å². The molecule has 0 saturated heterocycles. The van der Waals surface area contributed by atoms with E-state index in [1.54, 1.807) is 18.9 Å². The first-order valence-electron chi connectivity index (χ1n) is 7.55. The van der Waals surface area contributed by atoms with Gasteiger partial charge in [-0.2, -0.15) is 0 Å². The van der Waals surface area contributed by atoms with Gasteiger partial charge in [0.05, 0.1) is 12.8 Å². The van der Waals surface area contributed by atoms with E-state index in [1.165, 1.54) is 5.56 Å². The molecule has 120 valence electrons. The van der Waals surface area contributed by atoms with Crippen LogP contribution in [0.1, 0.15) is 11.1 Å². The predicted octanol–water partition coefficient (Wildman–Crippen LogP) is 3.91. The standard InChI is InChI=1S/C18H16N4OS/c1-12-3-5-14(6-4-12)17-19-20-18-22(17)21-16(11-24-18)13-7-9-15(23-2)10-8-13/h3-11,21H,1-2H3. The summed E-state index contributed by atoms with van der Waals surface area (Å²) in [7, 11) is 1.67. The maximum Gasteiger partial charge on any atom is 0.214 e. The van der Waals surface area contributed by atoms with Crippen LogP contribution in [-0.4, -0.2) is 22.0 Å². The lowest BCUT2D eigenvalue weighted by Gasteiger charge is -2.19. The molecule has 0 atom stereocenters. The van der Waals surface area contributed by atoms with Crippen LogP contribution in [0.2, 0.25) is 0 Å². The van der Waals surface area contributed by atoms with Crippen LogP contribution >= 0.6 is 11.8 Å². The Labute approximate surface area is 144 Å². The van der Waals surface area contributed by atoms with Crippen molar-refractivity contribution in [3.8, 4) is 17.1 Å². The highest BCUT2D eigenvalue weighted by Crippen LogP contribution is 2.31. The predicted molar refractivity (Wildman–Crippen MR) is 96.4 cm³/mol. The first-order valence-corrected chi connectivity index (χ1v) is 8.43. The maximum absolute atomic E-state index is 5.22. The van der Waals surface area contributed by atoms with Crippen molar-refractivity contribution in [2.75, 3.05) is 12.5 Å². The van der Waals surface area contributed by atoms with Crippen molar-refractivity contribution in [2.45, 2.75) is 12.1 Å². The molecular formula is C18H16N4OS. The third-order valence-electron chi connectivity index (χ3n) is 3.86. The topological polar surface area (TPSA) is 52.0 Å². The third kappa shape index (κ3) is 2.65. The minimum Gasteiger partial charge on any atom is -0.497 e. The van der Waals surface area contributed by atoms with E-state index < -0.39 is 0 Å². The Bertz CT molecular complexity index is 898. The van der Waals surface area contributed by atoms with Gasteiger partial charge in [0.15, 0.2) is 5.82 Å². The first kappa shape index (κ1) is 14.8. The van der Waals surface area contributed by atoms with E-state index in [0.717, 1.165) is 33.6 Å². The van der Waals surface area contributed by atoms with Crippen LogP contribution in [0.5, 0.6) is 5.75 Å². The molecule has 0 saturated carbocycles. The van der Waals surface area contributed by atoms with Crippen LogP contribution in [0.3, 0.4) is 0 Å². The number of aromatic nitrogens is 3. The van der Waals surface area contributed by atoms with Crippen LogP contribution in [-0.2, 0) is 0 Å².